The molecule has 4 heteroatoms. The molecule has 1 aromatic carbocycles. The van der Waals surface area contributed by atoms with E-state index in [0.29, 0.717) is 32.5 Å². The van der Waals surface area contributed by atoms with Crippen LogP contribution in [0.3, 0.4) is 0 Å². The van der Waals surface area contributed by atoms with E-state index < -0.39 is 6.10 Å². The van der Waals surface area contributed by atoms with Crippen molar-refractivity contribution in [2.24, 2.45) is 5.92 Å². The lowest BCUT2D eigenvalue weighted by molar-refractivity contribution is -0.155. The van der Waals surface area contributed by atoms with Crippen LogP contribution < -0.4 is 0 Å². The summed E-state index contributed by atoms with van der Waals surface area (Å²) in [5.41, 5.74) is 1.11. The molecular formula is C21H32O4. The van der Waals surface area contributed by atoms with E-state index in [-0.39, 0.29) is 18.0 Å². The van der Waals surface area contributed by atoms with Crippen LogP contribution in [0.25, 0.3) is 0 Å². The number of esters is 1. The summed E-state index contributed by atoms with van der Waals surface area (Å²) in [5.74, 6) is -0.406. The molecule has 0 aliphatic carbocycles. The molecule has 0 spiro atoms. The van der Waals surface area contributed by atoms with Crippen molar-refractivity contribution in [3.63, 3.8) is 0 Å². The number of unbranched alkanes of at least 4 members (excludes halogenated alkanes) is 1. The molecule has 0 bridgehead atoms. The highest BCUT2D eigenvalue weighted by Crippen LogP contribution is 2.15. The van der Waals surface area contributed by atoms with Gasteiger partial charge >= 0.3 is 5.97 Å². The van der Waals surface area contributed by atoms with Crippen LogP contribution in [-0.2, 0) is 20.9 Å². The topological polar surface area (TPSA) is 55.8 Å². The third-order valence-corrected chi connectivity index (χ3v) is 3.93. The zero-order valence-electron chi connectivity index (χ0n) is 15.5. The average molecular weight is 348 g/mol. The maximum atomic E-state index is 11.9. The molecule has 140 valence electrons. The van der Waals surface area contributed by atoms with Crippen LogP contribution in [-0.4, -0.2) is 29.9 Å². The van der Waals surface area contributed by atoms with Crippen LogP contribution in [0.5, 0.6) is 0 Å². The molecule has 1 rings (SSSR count). The fourth-order valence-electron chi connectivity index (χ4n) is 2.42. The number of aliphatic hydroxyl groups is 1. The Bertz CT molecular complexity index is 484. The number of ether oxygens (including phenoxy) is 2. The molecule has 0 fully saturated rings. The van der Waals surface area contributed by atoms with Crippen LogP contribution in [0, 0.1) is 5.92 Å². The third kappa shape index (κ3) is 10.0. The molecule has 0 heterocycles. The summed E-state index contributed by atoms with van der Waals surface area (Å²) in [6.45, 7) is 8.33. The summed E-state index contributed by atoms with van der Waals surface area (Å²) in [5, 5.41) is 10.2. The van der Waals surface area contributed by atoms with Crippen molar-refractivity contribution in [1.29, 1.82) is 0 Å². The fraction of sp³-hybridized carbons (Fsp3) is 0.571. The molecule has 4 nitrogen and oxygen atoms in total. The Morgan fingerprint density at radius 1 is 1.24 bits per heavy atom. The van der Waals surface area contributed by atoms with E-state index in [4.69, 9.17) is 9.47 Å². The first-order valence-corrected chi connectivity index (χ1v) is 9.14. The van der Waals surface area contributed by atoms with Gasteiger partial charge in [0, 0.05) is 12.8 Å². The van der Waals surface area contributed by atoms with Crippen molar-refractivity contribution >= 4 is 5.97 Å². The predicted octanol–water partition coefficient (Wildman–Crippen LogP) is 4.27. The zero-order chi connectivity index (χ0) is 18.5. The van der Waals surface area contributed by atoms with E-state index >= 15 is 0 Å². The maximum Gasteiger partial charge on any atom is 0.308 e. The van der Waals surface area contributed by atoms with E-state index in [1.54, 1.807) is 0 Å². The fourth-order valence-corrected chi connectivity index (χ4v) is 2.42. The number of hydrogen-bond acceptors (Lipinski definition) is 4. The summed E-state index contributed by atoms with van der Waals surface area (Å²) in [6, 6.07) is 9.95. The lowest BCUT2D eigenvalue weighted by Gasteiger charge is -2.22. The number of allylic oxidation sites excluding steroid dienone is 1. The molecule has 0 aliphatic rings. The van der Waals surface area contributed by atoms with E-state index in [2.05, 4.69) is 6.58 Å². The molecular weight excluding hydrogens is 316 g/mol. The van der Waals surface area contributed by atoms with Crippen LogP contribution in [0.4, 0.5) is 0 Å². The van der Waals surface area contributed by atoms with Gasteiger partial charge in [0.15, 0.2) is 0 Å². The molecule has 1 N–H and O–H groups in total. The number of aliphatic hydroxyl groups excluding tert-OH is 1. The standard InChI is InChI=1S/C21H32O4/c1-4-5-7-12-19(22)15-20(25-21(23)17(2)3)13-14-24-16-18-10-8-6-9-11-18/h4,6,8-11,17,19-20,22H,1,5,7,12-16H2,2-3H3/t19-,20-/m0/s1. The molecule has 2 atom stereocenters. The molecule has 0 aromatic heterocycles. The quantitative estimate of drug-likeness (QED) is 0.329. The van der Waals surface area contributed by atoms with Gasteiger partial charge < -0.3 is 14.6 Å². The maximum absolute atomic E-state index is 11.9. The van der Waals surface area contributed by atoms with Crippen molar-refractivity contribution in [1.82, 2.24) is 0 Å². The molecule has 0 amide bonds. The van der Waals surface area contributed by atoms with Gasteiger partial charge in [0.1, 0.15) is 6.10 Å². The van der Waals surface area contributed by atoms with Crippen molar-refractivity contribution in [3.05, 3.63) is 48.6 Å². The summed E-state index contributed by atoms with van der Waals surface area (Å²) in [4.78, 5) is 11.9. The van der Waals surface area contributed by atoms with E-state index in [1.165, 1.54) is 0 Å². The number of rotatable bonds is 13. The molecule has 0 radical (unpaired) electrons. The largest absolute Gasteiger partial charge is 0.462 e. The molecule has 25 heavy (non-hydrogen) atoms. The van der Waals surface area contributed by atoms with Gasteiger partial charge in [-0.2, -0.15) is 0 Å². The van der Waals surface area contributed by atoms with Crippen LogP contribution >= 0.6 is 0 Å². The Morgan fingerprint density at radius 3 is 2.60 bits per heavy atom. The minimum absolute atomic E-state index is 0.175. The number of hydrogen-bond donors (Lipinski definition) is 1. The minimum Gasteiger partial charge on any atom is -0.462 e. The van der Waals surface area contributed by atoms with Crippen molar-refractivity contribution in [2.45, 2.75) is 64.8 Å². The monoisotopic (exact) mass is 348 g/mol. The van der Waals surface area contributed by atoms with E-state index in [9.17, 15) is 9.90 Å². The highest BCUT2D eigenvalue weighted by atomic mass is 16.5. The Morgan fingerprint density at radius 2 is 1.96 bits per heavy atom. The summed E-state index contributed by atoms with van der Waals surface area (Å²) >= 11 is 0. The Labute approximate surface area is 151 Å². The SMILES string of the molecule is C=CCCC[C@H](O)C[C@H](CCOCc1ccccc1)OC(=O)C(C)C. The number of carbonyl (C=O) groups is 1. The highest BCUT2D eigenvalue weighted by molar-refractivity contribution is 5.71. The van der Waals surface area contributed by atoms with Crippen LogP contribution in [0.2, 0.25) is 0 Å². The average Bonchev–Trinajstić information content (AvgIpc) is 2.59. The Hall–Kier alpha value is -1.65. The zero-order valence-corrected chi connectivity index (χ0v) is 15.5. The van der Waals surface area contributed by atoms with Gasteiger partial charge in [0.2, 0.25) is 0 Å². The molecule has 0 aliphatic heterocycles. The van der Waals surface area contributed by atoms with Gasteiger partial charge in [0.05, 0.1) is 25.2 Å². The minimum atomic E-state index is -0.473. The smallest absolute Gasteiger partial charge is 0.308 e. The summed E-state index contributed by atoms with van der Waals surface area (Å²) in [7, 11) is 0. The second-order valence-corrected chi connectivity index (χ2v) is 6.65. The third-order valence-electron chi connectivity index (χ3n) is 3.93. The van der Waals surface area contributed by atoms with Crippen LogP contribution in [0.1, 0.15) is 51.5 Å². The highest BCUT2D eigenvalue weighted by Gasteiger charge is 2.20. The van der Waals surface area contributed by atoms with Gasteiger partial charge in [-0.25, -0.2) is 0 Å². The van der Waals surface area contributed by atoms with Crippen LogP contribution in [0.15, 0.2) is 43.0 Å². The van der Waals surface area contributed by atoms with Gasteiger partial charge in [-0.15, -0.1) is 6.58 Å². The summed E-state index contributed by atoms with van der Waals surface area (Å²) in [6.07, 6.45) is 4.55. The molecule has 0 unspecified atom stereocenters. The lowest BCUT2D eigenvalue weighted by atomic mass is 10.0. The van der Waals surface area contributed by atoms with Crippen molar-refractivity contribution in [2.75, 3.05) is 6.61 Å². The van der Waals surface area contributed by atoms with E-state index in [1.807, 2.05) is 50.3 Å². The Kier molecular flexibility index (Phi) is 10.8. The van der Waals surface area contributed by atoms with Gasteiger partial charge in [-0.3, -0.25) is 4.79 Å². The first-order chi connectivity index (χ1) is 12.0. The normalized spacial score (nSPS) is 13.4. The number of benzene rings is 1. The first kappa shape index (κ1) is 21.4. The molecule has 1 aromatic rings. The summed E-state index contributed by atoms with van der Waals surface area (Å²) < 4.78 is 11.2. The van der Waals surface area contributed by atoms with Crippen molar-refractivity contribution < 1.29 is 19.4 Å². The predicted molar refractivity (Wildman–Crippen MR) is 100 cm³/mol. The number of carbonyl (C=O) groups excluding carboxylic acids is 1. The lowest BCUT2D eigenvalue weighted by Crippen LogP contribution is -2.27. The van der Waals surface area contributed by atoms with Gasteiger partial charge in [-0.05, 0) is 24.8 Å². The van der Waals surface area contributed by atoms with E-state index in [0.717, 1.165) is 18.4 Å². The Balaban J connectivity index is 2.40. The van der Waals surface area contributed by atoms with Crippen molar-refractivity contribution in [3.8, 4) is 0 Å². The first-order valence-electron chi connectivity index (χ1n) is 9.14. The van der Waals surface area contributed by atoms with Gasteiger partial charge in [0.25, 0.3) is 0 Å². The van der Waals surface area contributed by atoms with Gasteiger partial charge in [-0.1, -0.05) is 50.3 Å². The second kappa shape index (κ2) is 12.7. The second-order valence-electron chi connectivity index (χ2n) is 6.65. The molecule has 0 saturated carbocycles. The molecule has 0 saturated heterocycles.